The number of halogens is 3. The SMILES string of the molecule is Cl.Nc1cc(F)cc(Cl)c1. The Balaban J connectivity index is 0.000000810. The lowest BCUT2D eigenvalue weighted by atomic mass is 10.3. The Morgan fingerprint density at radius 1 is 1.30 bits per heavy atom. The number of benzene rings is 1. The Morgan fingerprint density at radius 2 is 1.90 bits per heavy atom. The lowest BCUT2D eigenvalue weighted by molar-refractivity contribution is 0.628. The molecule has 0 aliphatic carbocycles. The zero-order valence-corrected chi connectivity index (χ0v) is 6.55. The van der Waals surface area contributed by atoms with Gasteiger partial charge in [0.1, 0.15) is 5.82 Å². The summed E-state index contributed by atoms with van der Waals surface area (Å²) in [6.07, 6.45) is 0. The van der Waals surface area contributed by atoms with Crippen LogP contribution in [0.15, 0.2) is 18.2 Å². The Hall–Kier alpha value is -0.470. The fourth-order valence-corrected chi connectivity index (χ4v) is 0.805. The Labute approximate surface area is 69.4 Å². The van der Waals surface area contributed by atoms with Crippen LogP contribution >= 0.6 is 24.0 Å². The first-order chi connectivity index (χ1) is 4.18. The van der Waals surface area contributed by atoms with Gasteiger partial charge in [0, 0.05) is 10.7 Å². The molecule has 1 rings (SSSR count). The van der Waals surface area contributed by atoms with Crippen molar-refractivity contribution in [3.63, 3.8) is 0 Å². The molecule has 0 aromatic heterocycles. The van der Waals surface area contributed by atoms with Crippen LogP contribution in [0.3, 0.4) is 0 Å². The van der Waals surface area contributed by atoms with Crippen molar-refractivity contribution in [3.05, 3.63) is 29.0 Å². The third kappa shape index (κ3) is 2.42. The van der Waals surface area contributed by atoms with Crippen molar-refractivity contribution in [2.24, 2.45) is 0 Å². The van der Waals surface area contributed by atoms with Crippen molar-refractivity contribution >= 4 is 29.7 Å². The van der Waals surface area contributed by atoms with Gasteiger partial charge in [0.25, 0.3) is 0 Å². The summed E-state index contributed by atoms with van der Waals surface area (Å²) < 4.78 is 12.3. The van der Waals surface area contributed by atoms with E-state index in [2.05, 4.69) is 0 Å². The van der Waals surface area contributed by atoms with E-state index in [-0.39, 0.29) is 12.4 Å². The summed E-state index contributed by atoms with van der Waals surface area (Å²) in [6, 6.07) is 3.91. The van der Waals surface area contributed by atoms with E-state index in [0.717, 1.165) is 0 Å². The number of anilines is 1. The van der Waals surface area contributed by atoms with Crippen LogP contribution in [-0.2, 0) is 0 Å². The highest BCUT2D eigenvalue weighted by Crippen LogP contribution is 2.14. The molecule has 1 nitrogen and oxygen atoms in total. The lowest BCUT2D eigenvalue weighted by Crippen LogP contribution is -1.84. The summed E-state index contributed by atoms with van der Waals surface area (Å²) in [5, 5.41) is 0.326. The molecule has 0 fully saturated rings. The van der Waals surface area contributed by atoms with Crippen molar-refractivity contribution in [2.45, 2.75) is 0 Å². The average molecular weight is 182 g/mol. The first-order valence-electron chi connectivity index (χ1n) is 2.40. The van der Waals surface area contributed by atoms with Crippen LogP contribution in [-0.4, -0.2) is 0 Å². The predicted octanol–water partition coefficient (Wildman–Crippen LogP) is 2.48. The minimum Gasteiger partial charge on any atom is -0.399 e. The van der Waals surface area contributed by atoms with Gasteiger partial charge in [-0.2, -0.15) is 0 Å². The second-order valence-corrected chi connectivity index (χ2v) is 2.14. The topological polar surface area (TPSA) is 26.0 Å². The Kier molecular flexibility index (Phi) is 3.47. The summed E-state index contributed by atoms with van der Waals surface area (Å²) >= 11 is 5.43. The molecule has 0 aliphatic rings. The second-order valence-electron chi connectivity index (χ2n) is 1.70. The molecule has 0 heterocycles. The molecule has 0 spiro atoms. The Bertz CT molecular complexity index is 177. The van der Waals surface area contributed by atoms with E-state index < -0.39 is 5.82 Å². The van der Waals surface area contributed by atoms with Gasteiger partial charge in [-0.15, -0.1) is 12.4 Å². The number of nitrogens with two attached hydrogens (primary N) is 1. The van der Waals surface area contributed by atoms with Crippen LogP contribution < -0.4 is 5.73 Å². The number of hydrogen-bond donors (Lipinski definition) is 1. The standard InChI is InChI=1S/C6H5ClFN.ClH/c7-4-1-5(8)3-6(9)2-4;/h1-3H,9H2;1H. The third-order valence-corrected chi connectivity index (χ3v) is 1.10. The van der Waals surface area contributed by atoms with E-state index in [0.29, 0.717) is 10.7 Å². The average Bonchev–Trinajstić information content (AvgIpc) is 1.59. The maximum Gasteiger partial charge on any atom is 0.126 e. The van der Waals surface area contributed by atoms with Crippen LogP contribution in [0.2, 0.25) is 5.02 Å². The summed E-state index contributed by atoms with van der Waals surface area (Å²) in [6.45, 7) is 0. The smallest absolute Gasteiger partial charge is 0.126 e. The molecule has 4 heteroatoms. The highest BCUT2D eigenvalue weighted by Gasteiger charge is 1.93. The fraction of sp³-hybridized carbons (Fsp3) is 0. The highest BCUT2D eigenvalue weighted by atomic mass is 35.5. The van der Waals surface area contributed by atoms with Gasteiger partial charge in [0.15, 0.2) is 0 Å². The highest BCUT2D eigenvalue weighted by molar-refractivity contribution is 6.30. The van der Waals surface area contributed by atoms with Gasteiger partial charge in [-0.3, -0.25) is 0 Å². The van der Waals surface area contributed by atoms with Crippen molar-refractivity contribution in [1.29, 1.82) is 0 Å². The maximum atomic E-state index is 12.3. The number of rotatable bonds is 0. The molecule has 2 N–H and O–H groups in total. The van der Waals surface area contributed by atoms with Gasteiger partial charge in [0.2, 0.25) is 0 Å². The zero-order valence-electron chi connectivity index (χ0n) is 4.97. The molecule has 0 saturated carbocycles. The normalized spacial score (nSPS) is 8.60. The monoisotopic (exact) mass is 181 g/mol. The van der Waals surface area contributed by atoms with Crippen molar-refractivity contribution in [1.82, 2.24) is 0 Å². The van der Waals surface area contributed by atoms with Crippen LogP contribution in [0.4, 0.5) is 10.1 Å². The van der Waals surface area contributed by atoms with Crippen molar-refractivity contribution < 1.29 is 4.39 Å². The zero-order chi connectivity index (χ0) is 6.85. The molecule has 0 bridgehead atoms. The summed E-state index contributed by atoms with van der Waals surface area (Å²) in [5.74, 6) is -0.403. The first-order valence-corrected chi connectivity index (χ1v) is 2.78. The van der Waals surface area contributed by atoms with E-state index in [1.807, 2.05) is 0 Å². The molecule has 0 saturated heterocycles. The van der Waals surface area contributed by atoms with Crippen molar-refractivity contribution in [2.75, 3.05) is 5.73 Å². The molecule has 0 atom stereocenters. The van der Waals surface area contributed by atoms with Gasteiger partial charge in [0.05, 0.1) is 0 Å². The van der Waals surface area contributed by atoms with Crippen LogP contribution in [0.1, 0.15) is 0 Å². The molecule has 1 aromatic carbocycles. The van der Waals surface area contributed by atoms with Gasteiger partial charge in [-0.25, -0.2) is 4.39 Å². The first kappa shape index (κ1) is 9.53. The van der Waals surface area contributed by atoms with E-state index in [4.69, 9.17) is 17.3 Å². The molecule has 56 valence electrons. The molecular weight excluding hydrogens is 176 g/mol. The van der Waals surface area contributed by atoms with E-state index in [1.165, 1.54) is 18.2 Å². The van der Waals surface area contributed by atoms with Crippen LogP contribution in [0, 0.1) is 5.82 Å². The summed E-state index contributed by atoms with van der Waals surface area (Å²) in [7, 11) is 0. The lowest BCUT2D eigenvalue weighted by Gasteiger charge is -1.92. The molecule has 1 aromatic rings. The number of hydrogen-bond acceptors (Lipinski definition) is 1. The van der Waals surface area contributed by atoms with Gasteiger partial charge in [-0.1, -0.05) is 11.6 Å². The molecule has 0 amide bonds. The molecular formula is C6H6Cl2FN. The molecule has 10 heavy (non-hydrogen) atoms. The third-order valence-electron chi connectivity index (χ3n) is 0.885. The molecule has 0 radical (unpaired) electrons. The molecule has 0 unspecified atom stereocenters. The van der Waals surface area contributed by atoms with Gasteiger partial charge >= 0.3 is 0 Å². The second kappa shape index (κ2) is 3.64. The maximum absolute atomic E-state index is 12.3. The number of nitrogen functional groups attached to an aromatic ring is 1. The summed E-state index contributed by atoms with van der Waals surface area (Å²) in [4.78, 5) is 0. The van der Waals surface area contributed by atoms with E-state index >= 15 is 0 Å². The van der Waals surface area contributed by atoms with E-state index in [9.17, 15) is 4.39 Å². The van der Waals surface area contributed by atoms with Crippen LogP contribution in [0.25, 0.3) is 0 Å². The minimum absolute atomic E-state index is 0. The van der Waals surface area contributed by atoms with E-state index in [1.54, 1.807) is 0 Å². The van der Waals surface area contributed by atoms with Crippen LogP contribution in [0.5, 0.6) is 0 Å². The predicted molar refractivity (Wildman–Crippen MR) is 43.1 cm³/mol. The quantitative estimate of drug-likeness (QED) is 0.612. The summed E-state index contributed by atoms with van der Waals surface area (Å²) in [5.41, 5.74) is 5.58. The Morgan fingerprint density at radius 3 is 2.30 bits per heavy atom. The van der Waals surface area contributed by atoms with Crippen molar-refractivity contribution in [3.8, 4) is 0 Å². The largest absolute Gasteiger partial charge is 0.399 e. The minimum atomic E-state index is -0.403. The van der Waals surface area contributed by atoms with Gasteiger partial charge < -0.3 is 5.73 Å². The van der Waals surface area contributed by atoms with Gasteiger partial charge in [-0.05, 0) is 18.2 Å². The fourth-order valence-electron chi connectivity index (χ4n) is 0.575. The molecule has 0 aliphatic heterocycles.